The van der Waals surface area contributed by atoms with E-state index in [4.69, 9.17) is 0 Å². The van der Waals surface area contributed by atoms with Crippen molar-refractivity contribution in [3.05, 3.63) is 0 Å². The van der Waals surface area contributed by atoms with Crippen LogP contribution in [0.4, 0.5) is 0 Å². The summed E-state index contributed by atoms with van der Waals surface area (Å²) in [6.45, 7) is 12.9. The molecule has 2 nitrogen and oxygen atoms in total. The number of hydrogen-bond acceptors (Lipinski definition) is 2. The van der Waals surface area contributed by atoms with Crippen LogP contribution in [-0.4, -0.2) is 34.2 Å². The first-order valence-corrected chi connectivity index (χ1v) is 5.37. The van der Waals surface area contributed by atoms with E-state index in [-0.39, 0.29) is 12.1 Å². The third-order valence-corrected chi connectivity index (χ3v) is 2.64. The molecule has 0 saturated heterocycles. The summed E-state index contributed by atoms with van der Waals surface area (Å²) in [5, 5.41) is 9.75. The molecule has 0 aromatic rings. The van der Waals surface area contributed by atoms with Gasteiger partial charge in [-0.3, -0.25) is 4.90 Å². The molecule has 0 aliphatic heterocycles. The van der Waals surface area contributed by atoms with Crippen molar-refractivity contribution in [2.24, 2.45) is 0 Å². The summed E-state index contributed by atoms with van der Waals surface area (Å²) < 4.78 is 0. The van der Waals surface area contributed by atoms with E-state index in [1.165, 1.54) is 0 Å². The molecular formula is C11H25NO. The van der Waals surface area contributed by atoms with Crippen molar-refractivity contribution < 1.29 is 5.11 Å². The maximum atomic E-state index is 9.75. The summed E-state index contributed by atoms with van der Waals surface area (Å²) in [5.74, 6) is 0. The van der Waals surface area contributed by atoms with Gasteiger partial charge in [-0.05, 0) is 41.0 Å². The van der Waals surface area contributed by atoms with Crippen molar-refractivity contribution in [2.75, 3.05) is 0 Å². The average molecular weight is 187 g/mol. The number of hydrogen-bond donors (Lipinski definition) is 1. The highest BCUT2D eigenvalue weighted by Gasteiger charge is 2.24. The zero-order valence-electron chi connectivity index (χ0n) is 9.91. The van der Waals surface area contributed by atoms with Crippen LogP contribution in [0.15, 0.2) is 0 Å². The highest BCUT2D eigenvalue weighted by molar-refractivity contribution is 4.79. The predicted molar refractivity (Wildman–Crippen MR) is 57.9 cm³/mol. The molecule has 0 fully saturated rings. The van der Waals surface area contributed by atoms with Crippen LogP contribution in [0.3, 0.4) is 0 Å². The minimum atomic E-state index is -0.204. The van der Waals surface area contributed by atoms with E-state index < -0.39 is 0 Å². The van der Waals surface area contributed by atoms with Crippen LogP contribution in [0.1, 0.15) is 48.0 Å². The smallest absolute Gasteiger partial charge is 0.0690 e. The maximum Gasteiger partial charge on any atom is 0.0690 e. The third kappa shape index (κ3) is 3.65. The Kier molecular flexibility index (Phi) is 5.57. The summed E-state index contributed by atoms with van der Waals surface area (Å²) in [5.41, 5.74) is 0. The van der Waals surface area contributed by atoms with Gasteiger partial charge in [0.1, 0.15) is 0 Å². The Labute approximate surface area is 82.9 Å². The Morgan fingerprint density at radius 2 is 1.38 bits per heavy atom. The van der Waals surface area contributed by atoms with Crippen molar-refractivity contribution in [1.82, 2.24) is 4.90 Å². The molecular weight excluding hydrogens is 162 g/mol. The molecule has 2 unspecified atom stereocenters. The molecule has 80 valence electrons. The van der Waals surface area contributed by atoms with E-state index in [2.05, 4.69) is 39.5 Å². The molecule has 13 heavy (non-hydrogen) atoms. The van der Waals surface area contributed by atoms with Gasteiger partial charge >= 0.3 is 0 Å². The van der Waals surface area contributed by atoms with Gasteiger partial charge in [0.15, 0.2) is 0 Å². The van der Waals surface area contributed by atoms with Crippen LogP contribution in [0.5, 0.6) is 0 Å². The van der Waals surface area contributed by atoms with Gasteiger partial charge in [-0.1, -0.05) is 6.92 Å². The first-order chi connectivity index (χ1) is 5.91. The third-order valence-electron chi connectivity index (χ3n) is 2.64. The van der Waals surface area contributed by atoms with Crippen molar-refractivity contribution in [1.29, 1.82) is 0 Å². The highest BCUT2D eigenvalue weighted by Crippen LogP contribution is 2.14. The summed E-state index contributed by atoms with van der Waals surface area (Å²) in [7, 11) is 0. The molecule has 0 heterocycles. The SMILES string of the molecule is CCC(O)C(C)N(C(C)C)C(C)C. The normalized spacial score (nSPS) is 17.1. The Bertz CT molecular complexity index is 126. The molecule has 0 rings (SSSR count). The fraction of sp³-hybridized carbons (Fsp3) is 1.00. The molecule has 2 atom stereocenters. The molecule has 0 aromatic heterocycles. The number of aliphatic hydroxyl groups excluding tert-OH is 1. The molecule has 0 radical (unpaired) electrons. The Hall–Kier alpha value is -0.0800. The Morgan fingerprint density at radius 3 is 1.62 bits per heavy atom. The van der Waals surface area contributed by atoms with Gasteiger partial charge in [0.2, 0.25) is 0 Å². The van der Waals surface area contributed by atoms with Crippen LogP contribution in [0, 0.1) is 0 Å². The Balaban J connectivity index is 4.36. The summed E-state index contributed by atoms with van der Waals surface area (Å²) in [4.78, 5) is 2.36. The predicted octanol–water partition coefficient (Wildman–Crippen LogP) is 2.26. The standard InChI is InChI=1S/C11H25NO/c1-7-11(13)10(6)12(8(2)3)9(4)5/h8-11,13H,7H2,1-6H3. The van der Waals surface area contributed by atoms with Crippen molar-refractivity contribution in [3.63, 3.8) is 0 Å². The molecule has 0 amide bonds. The molecule has 0 bridgehead atoms. The van der Waals surface area contributed by atoms with E-state index >= 15 is 0 Å². The van der Waals surface area contributed by atoms with E-state index in [9.17, 15) is 5.11 Å². The zero-order chi connectivity index (χ0) is 10.6. The second-order valence-electron chi connectivity index (χ2n) is 4.35. The van der Waals surface area contributed by atoms with E-state index in [0.29, 0.717) is 12.1 Å². The van der Waals surface area contributed by atoms with Crippen molar-refractivity contribution in [2.45, 2.75) is 72.2 Å². The molecule has 0 saturated carbocycles. The fourth-order valence-electron chi connectivity index (χ4n) is 2.08. The lowest BCUT2D eigenvalue weighted by Crippen LogP contribution is -2.48. The van der Waals surface area contributed by atoms with E-state index in [1.54, 1.807) is 0 Å². The topological polar surface area (TPSA) is 23.5 Å². The molecule has 1 N–H and O–H groups in total. The van der Waals surface area contributed by atoms with Crippen molar-refractivity contribution in [3.8, 4) is 0 Å². The number of aliphatic hydroxyl groups is 1. The molecule has 0 aliphatic rings. The lowest BCUT2D eigenvalue weighted by Gasteiger charge is -2.38. The van der Waals surface area contributed by atoms with Crippen LogP contribution >= 0.6 is 0 Å². The molecule has 0 aliphatic carbocycles. The lowest BCUT2D eigenvalue weighted by molar-refractivity contribution is 0.0203. The monoisotopic (exact) mass is 187 g/mol. The summed E-state index contributed by atoms with van der Waals surface area (Å²) in [6, 6.07) is 1.25. The van der Waals surface area contributed by atoms with Gasteiger partial charge < -0.3 is 5.11 Å². The van der Waals surface area contributed by atoms with Crippen LogP contribution in [0.2, 0.25) is 0 Å². The average Bonchev–Trinajstić information content (AvgIpc) is 2.01. The van der Waals surface area contributed by atoms with E-state index in [1.807, 2.05) is 6.92 Å². The van der Waals surface area contributed by atoms with E-state index in [0.717, 1.165) is 6.42 Å². The van der Waals surface area contributed by atoms with Crippen LogP contribution in [-0.2, 0) is 0 Å². The van der Waals surface area contributed by atoms with Crippen LogP contribution in [0.25, 0.3) is 0 Å². The lowest BCUT2D eigenvalue weighted by atomic mass is 10.1. The minimum absolute atomic E-state index is 0.204. The van der Waals surface area contributed by atoms with Crippen LogP contribution < -0.4 is 0 Å². The van der Waals surface area contributed by atoms with Gasteiger partial charge in [0.05, 0.1) is 6.10 Å². The summed E-state index contributed by atoms with van der Waals surface area (Å²) in [6.07, 6.45) is 0.627. The first kappa shape index (κ1) is 12.9. The second-order valence-corrected chi connectivity index (χ2v) is 4.35. The molecule has 2 heteroatoms. The summed E-state index contributed by atoms with van der Waals surface area (Å²) >= 11 is 0. The second kappa shape index (κ2) is 5.61. The van der Waals surface area contributed by atoms with Gasteiger partial charge in [-0.15, -0.1) is 0 Å². The number of rotatable bonds is 5. The van der Waals surface area contributed by atoms with Gasteiger partial charge in [-0.2, -0.15) is 0 Å². The molecule has 0 aromatic carbocycles. The zero-order valence-corrected chi connectivity index (χ0v) is 9.91. The highest BCUT2D eigenvalue weighted by atomic mass is 16.3. The van der Waals surface area contributed by atoms with Gasteiger partial charge in [0.25, 0.3) is 0 Å². The fourth-order valence-corrected chi connectivity index (χ4v) is 2.08. The van der Waals surface area contributed by atoms with Crippen molar-refractivity contribution >= 4 is 0 Å². The largest absolute Gasteiger partial charge is 0.392 e. The first-order valence-electron chi connectivity index (χ1n) is 5.37. The Morgan fingerprint density at radius 1 is 1.00 bits per heavy atom. The minimum Gasteiger partial charge on any atom is -0.392 e. The molecule has 0 spiro atoms. The van der Waals surface area contributed by atoms with Gasteiger partial charge in [0, 0.05) is 18.1 Å². The quantitative estimate of drug-likeness (QED) is 0.713. The number of nitrogens with zero attached hydrogens (tertiary/aromatic N) is 1. The van der Waals surface area contributed by atoms with Gasteiger partial charge in [-0.25, -0.2) is 0 Å². The maximum absolute atomic E-state index is 9.75.